The Kier molecular flexibility index (Phi) is 18.5. The van der Waals surface area contributed by atoms with Crippen molar-refractivity contribution in [2.75, 3.05) is 101 Å². The van der Waals surface area contributed by atoms with Gasteiger partial charge in [-0.3, -0.25) is 14.6 Å². The summed E-state index contributed by atoms with van der Waals surface area (Å²) in [6.45, 7) is 11.7. The third-order valence-electron chi connectivity index (χ3n) is 14.6. The molecular weight excluding hydrogens is 1050 g/mol. The van der Waals surface area contributed by atoms with E-state index in [1.807, 2.05) is 47.2 Å². The highest BCUT2D eigenvalue weighted by Gasteiger charge is 2.48. The second kappa shape index (κ2) is 24.6. The fourth-order valence-electron chi connectivity index (χ4n) is 10.5. The van der Waals surface area contributed by atoms with Gasteiger partial charge in [-0.1, -0.05) is 54.4 Å². The van der Waals surface area contributed by atoms with Gasteiger partial charge in [0.1, 0.15) is 4.90 Å². The molecule has 4 aromatic carbocycles. The number of piperidine rings is 1. The van der Waals surface area contributed by atoms with Crippen molar-refractivity contribution in [3.05, 3.63) is 119 Å². The molecule has 15 nitrogen and oxygen atoms in total. The highest BCUT2D eigenvalue weighted by Crippen LogP contribution is 2.44. The van der Waals surface area contributed by atoms with E-state index in [2.05, 4.69) is 49.3 Å². The van der Waals surface area contributed by atoms with Gasteiger partial charge in [-0.05, 0) is 122 Å². The minimum atomic E-state index is -6.08. The summed E-state index contributed by atoms with van der Waals surface area (Å²) < 4.78 is 104. The molecule has 2 amide bonds. The van der Waals surface area contributed by atoms with Crippen LogP contribution in [0.1, 0.15) is 61.4 Å². The number of benzene rings is 4. The van der Waals surface area contributed by atoms with Gasteiger partial charge < -0.3 is 30.3 Å². The molecule has 3 saturated heterocycles. The van der Waals surface area contributed by atoms with E-state index in [1.165, 1.54) is 40.6 Å². The van der Waals surface area contributed by atoms with Crippen LogP contribution in [0.4, 0.5) is 29.3 Å². The number of anilines is 2. The van der Waals surface area contributed by atoms with Gasteiger partial charge in [-0.2, -0.15) is 13.2 Å². The molecule has 75 heavy (non-hydrogen) atoms. The van der Waals surface area contributed by atoms with Gasteiger partial charge in [0, 0.05) is 111 Å². The first kappa shape index (κ1) is 56.3. The van der Waals surface area contributed by atoms with E-state index in [0.29, 0.717) is 69.2 Å². The SMILES string of the molecule is CC1(CN2CCC(NC(=O)O)CC2)CCC(c2ccc(Cl)cc2)=C(CN2CCN(c3ccc(C(=O)NS(=O)(=O)c4ccc(N[C@H](CCN5CCOCC5)CSc5ccccc5)c(S(=O)(=O)C(F)(F)F)c4)cc3)CC2)C1. The van der Waals surface area contributed by atoms with E-state index in [-0.39, 0.29) is 17.0 Å². The quantitative estimate of drug-likeness (QED) is 0.0656. The van der Waals surface area contributed by atoms with Crippen LogP contribution in [0.3, 0.4) is 0 Å². The number of rotatable bonds is 19. The zero-order valence-corrected chi connectivity index (χ0v) is 45.1. The van der Waals surface area contributed by atoms with Crippen LogP contribution in [0.25, 0.3) is 5.57 Å². The van der Waals surface area contributed by atoms with Crippen LogP contribution in [-0.4, -0.2) is 157 Å². The van der Waals surface area contributed by atoms with Gasteiger partial charge in [-0.15, -0.1) is 11.8 Å². The Hall–Kier alpha value is -4.87. The van der Waals surface area contributed by atoms with Crippen molar-refractivity contribution >= 4 is 72.2 Å². The maximum atomic E-state index is 14.3. The lowest BCUT2D eigenvalue weighted by Gasteiger charge is -2.44. The second-order valence-electron chi connectivity index (χ2n) is 20.1. The Bertz CT molecular complexity index is 2860. The molecule has 0 aromatic heterocycles. The minimum Gasteiger partial charge on any atom is -0.465 e. The Morgan fingerprint density at radius 2 is 1.53 bits per heavy atom. The lowest BCUT2D eigenvalue weighted by molar-refractivity contribution is -0.0436. The predicted octanol–water partition coefficient (Wildman–Crippen LogP) is 8.55. The van der Waals surface area contributed by atoms with Gasteiger partial charge in [-0.25, -0.2) is 26.4 Å². The number of thioether (sulfide) groups is 1. The van der Waals surface area contributed by atoms with Crippen molar-refractivity contribution < 1.29 is 49.4 Å². The zero-order chi connectivity index (χ0) is 53.4. The van der Waals surface area contributed by atoms with E-state index >= 15 is 0 Å². The number of nitrogens with one attached hydrogen (secondary N) is 3. The van der Waals surface area contributed by atoms with Gasteiger partial charge in [0.2, 0.25) is 0 Å². The highest BCUT2D eigenvalue weighted by atomic mass is 35.5. The number of carbonyl (C=O) groups is 2. The Morgan fingerprint density at radius 3 is 2.19 bits per heavy atom. The van der Waals surface area contributed by atoms with Crippen LogP contribution in [0.2, 0.25) is 5.02 Å². The largest absolute Gasteiger partial charge is 0.501 e. The number of amides is 2. The summed E-state index contributed by atoms with van der Waals surface area (Å²) in [5.41, 5.74) is -1.41. The van der Waals surface area contributed by atoms with Crippen LogP contribution in [0.15, 0.2) is 117 Å². The van der Waals surface area contributed by atoms with E-state index in [1.54, 1.807) is 12.1 Å². The van der Waals surface area contributed by atoms with Crippen molar-refractivity contribution in [3.63, 3.8) is 0 Å². The maximum Gasteiger partial charge on any atom is 0.501 e. The van der Waals surface area contributed by atoms with E-state index in [0.717, 1.165) is 94.1 Å². The van der Waals surface area contributed by atoms with Crippen LogP contribution < -0.4 is 20.3 Å². The van der Waals surface area contributed by atoms with Gasteiger partial charge in [0.15, 0.2) is 0 Å². The molecule has 22 heteroatoms. The van der Waals surface area contributed by atoms with Crippen LogP contribution in [0, 0.1) is 5.41 Å². The van der Waals surface area contributed by atoms with Gasteiger partial charge in [0.05, 0.1) is 23.8 Å². The average Bonchev–Trinajstić information content (AvgIpc) is 3.39. The maximum absolute atomic E-state index is 14.3. The first-order valence-electron chi connectivity index (χ1n) is 25.3. The van der Waals surface area contributed by atoms with Crippen molar-refractivity contribution in [3.8, 4) is 0 Å². The number of sulfonamides is 1. The van der Waals surface area contributed by atoms with E-state index in [9.17, 15) is 44.7 Å². The Balaban J connectivity index is 0.908. The van der Waals surface area contributed by atoms with Crippen LogP contribution >= 0.6 is 23.4 Å². The minimum absolute atomic E-state index is 0.0196. The molecular formula is C53H65ClF3N7O8S3. The second-order valence-corrected chi connectivity index (χ2v) is 25.3. The number of carboxylic acid groups (broad SMARTS) is 1. The smallest absolute Gasteiger partial charge is 0.465 e. The van der Waals surface area contributed by atoms with Crippen LogP contribution in [-0.2, 0) is 24.6 Å². The van der Waals surface area contributed by atoms with Crippen molar-refractivity contribution in [1.29, 1.82) is 0 Å². The fraction of sp³-hybridized carbons (Fsp3) is 0.472. The molecule has 3 fully saturated rings. The lowest BCUT2D eigenvalue weighted by Crippen LogP contribution is -2.48. The number of hydrogen-bond donors (Lipinski definition) is 4. The number of sulfone groups is 1. The molecule has 406 valence electrons. The fourth-order valence-corrected chi connectivity index (χ4v) is 13.6. The lowest BCUT2D eigenvalue weighted by atomic mass is 9.71. The third kappa shape index (κ3) is 15.0. The first-order valence-corrected chi connectivity index (χ1v) is 29.6. The molecule has 2 atom stereocenters. The molecule has 0 spiro atoms. The molecule has 4 N–H and O–H groups in total. The summed E-state index contributed by atoms with van der Waals surface area (Å²) in [4.78, 5) is 32.8. The number of likely N-dealkylation sites (tertiary alicyclic amines) is 1. The Morgan fingerprint density at radius 1 is 0.853 bits per heavy atom. The summed E-state index contributed by atoms with van der Waals surface area (Å²) in [5.74, 6) is -0.685. The predicted molar refractivity (Wildman–Crippen MR) is 287 cm³/mol. The number of ether oxygens (including phenoxy) is 1. The van der Waals surface area contributed by atoms with Crippen LogP contribution in [0.5, 0.6) is 0 Å². The van der Waals surface area contributed by atoms with E-state index < -0.39 is 58.9 Å². The van der Waals surface area contributed by atoms with Crippen molar-refractivity contribution in [2.24, 2.45) is 5.41 Å². The van der Waals surface area contributed by atoms with Crippen molar-refractivity contribution in [1.82, 2.24) is 24.7 Å². The summed E-state index contributed by atoms with van der Waals surface area (Å²) in [6, 6.07) is 25.6. The number of carbonyl (C=O) groups excluding carboxylic acids is 1. The molecule has 4 aliphatic rings. The first-order chi connectivity index (χ1) is 35.7. The van der Waals surface area contributed by atoms with E-state index in [4.69, 9.17) is 16.3 Å². The topological polar surface area (TPSA) is 181 Å². The highest BCUT2D eigenvalue weighted by molar-refractivity contribution is 7.99. The molecule has 3 heterocycles. The molecule has 1 unspecified atom stereocenters. The summed E-state index contributed by atoms with van der Waals surface area (Å²) in [5, 5.41) is 15.5. The number of allylic oxidation sites excluding steroid dienone is 1. The molecule has 8 rings (SSSR count). The standard InChI is InChI=1S/C53H65ClF3N7O8S3/c1-52(37-63-23-18-42(19-24-63)59-51(66)67)21-17-47(38-7-11-41(54)12-8-38)40(34-52)35-62-25-27-64(28-26-62)44-13-9-39(10-14-44)50(65)60-75(70,71)46-15-16-48(49(33-46)74(68,69)53(55,56)57)58-43(20-22-61-29-31-72-32-30-61)36-73-45-5-3-2-4-6-45/h2-16,33,42-43,58-59H,17-32,34-37H2,1H3,(H,60,65)(H,66,67)/t43-,52?/m1/s1. The number of hydrogen-bond acceptors (Lipinski definition) is 13. The number of piperazine rings is 1. The molecule has 0 bridgehead atoms. The monoisotopic (exact) mass is 1120 g/mol. The third-order valence-corrected chi connectivity index (χ3v) is 18.9. The van der Waals surface area contributed by atoms with Gasteiger partial charge >= 0.3 is 11.6 Å². The summed E-state index contributed by atoms with van der Waals surface area (Å²) in [6.07, 6.45) is 3.92. The van der Waals surface area contributed by atoms with Crippen molar-refractivity contribution in [2.45, 2.75) is 77.7 Å². The Labute approximate surface area is 447 Å². The molecule has 1 aliphatic carbocycles. The zero-order valence-electron chi connectivity index (χ0n) is 41.9. The summed E-state index contributed by atoms with van der Waals surface area (Å²) in [7, 11) is -11.0. The number of halogens is 4. The van der Waals surface area contributed by atoms with Gasteiger partial charge in [0.25, 0.3) is 25.8 Å². The average molecular weight is 1120 g/mol. The molecule has 3 aliphatic heterocycles. The molecule has 0 saturated carbocycles. The molecule has 0 radical (unpaired) electrons. The summed E-state index contributed by atoms with van der Waals surface area (Å²) >= 11 is 7.73. The molecule has 4 aromatic rings. The number of morpholine rings is 1. The number of nitrogens with zero attached hydrogens (tertiary/aromatic N) is 4. The number of alkyl halides is 3. The normalized spacial score (nSPS) is 20.4.